The fraction of sp³-hybridized carbons (Fsp3) is 0.875. The van der Waals surface area contributed by atoms with Crippen LogP contribution in [0.5, 0.6) is 0 Å². The van der Waals surface area contributed by atoms with Gasteiger partial charge in [-0.15, -0.1) is 0 Å². The van der Waals surface area contributed by atoms with Gasteiger partial charge in [-0.1, -0.05) is 0 Å². The van der Waals surface area contributed by atoms with Crippen LogP contribution in [-0.4, -0.2) is 31.0 Å². The first kappa shape index (κ1) is 11.8. The number of rotatable bonds is 5. The highest BCUT2D eigenvalue weighted by atomic mass is 32.2. The van der Waals surface area contributed by atoms with E-state index in [0.717, 1.165) is 12.3 Å². The molecule has 0 aliphatic carbocycles. The fourth-order valence-corrected chi connectivity index (χ4v) is 0.905. The smallest absolute Gasteiger partial charge is 0.226 e. The summed E-state index contributed by atoms with van der Waals surface area (Å²) < 4.78 is 0. The average Bonchev–Trinajstić information content (AvgIpc) is 2.05. The molecular weight excluding hydrogens is 172 g/mol. The van der Waals surface area contributed by atoms with Gasteiger partial charge in [0.25, 0.3) is 0 Å². The van der Waals surface area contributed by atoms with Gasteiger partial charge in [0, 0.05) is 18.8 Å². The Morgan fingerprint density at radius 1 is 1.58 bits per heavy atom. The van der Waals surface area contributed by atoms with E-state index in [9.17, 15) is 4.79 Å². The van der Waals surface area contributed by atoms with Crippen molar-refractivity contribution in [2.24, 2.45) is 11.1 Å². The summed E-state index contributed by atoms with van der Waals surface area (Å²) in [5.74, 6) is 0.992. The summed E-state index contributed by atoms with van der Waals surface area (Å²) in [5.41, 5.74) is 5.01. The average molecular weight is 190 g/mol. The molecule has 0 atom stereocenters. The van der Waals surface area contributed by atoms with Crippen molar-refractivity contribution < 1.29 is 4.79 Å². The number of carbonyl (C=O) groups is 1. The molecule has 0 aliphatic rings. The molecule has 72 valence electrons. The second-order valence-electron chi connectivity index (χ2n) is 3.34. The molecule has 0 bridgehead atoms. The minimum absolute atomic E-state index is 0.0408. The van der Waals surface area contributed by atoms with Gasteiger partial charge >= 0.3 is 0 Å². The Morgan fingerprint density at radius 2 is 2.17 bits per heavy atom. The Kier molecular flexibility index (Phi) is 5.33. The van der Waals surface area contributed by atoms with Crippen LogP contribution in [0.3, 0.4) is 0 Å². The highest BCUT2D eigenvalue weighted by Crippen LogP contribution is 2.11. The van der Waals surface area contributed by atoms with Crippen LogP contribution in [0.1, 0.15) is 13.8 Å². The van der Waals surface area contributed by atoms with Crippen LogP contribution < -0.4 is 11.1 Å². The first-order valence-corrected chi connectivity index (χ1v) is 5.41. The van der Waals surface area contributed by atoms with Crippen LogP contribution in [-0.2, 0) is 4.79 Å². The lowest BCUT2D eigenvalue weighted by Crippen LogP contribution is -2.42. The Morgan fingerprint density at radius 3 is 2.58 bits per heavy atom. The van der Waals surface area contributed by atoms with E-state index in [0.29, 0.717) is 6.54 Å². The van der Waals surface area contributed by atoms with Crippen LogP contribution >= 0.6 is 11.8 Å². The first-order chi connectivity index (χ1) is 5.54. The third kappa shape index (κ3) is 3.97. The SMILES string of the molecule is CSCCNC(=O)C(C)(C)CN. The minimum Gasteiger partial charge on any atom is -0.355 e. The maximum absolute atomic E-state index is 11.4. The van der Waals surface area contributed by atoms with Gasteiger partial charge in [-0.05, 0) is 20.1 Å². The minimum atomic E-state index is -0.432. The molecule has 0 heterocycles. The summed E-state index contributed by atoms with van der Waals surface area (Å²) in [6.07, 6.45) is 2.01. The van der Waals surface area contributed by atoms with Crippen molar-refractivity contribution in [3.8, 4) is 0 Å². The molecule has 1 amide bonds. The highest BCUT2D eigenvalue weighted by Gasteiger charge is 2.24. The molecule has 12 heavy (non-hydrogen) atoms. The maximum Gasteiger partial charge on any atom is 0.226 e. The topological polar surface area (TPSA) is 55.1 Å². The molecule has 0 radical (unpaired) electrons. The van der Waals surface area contributed by atoms with Gasteiger partial charge < -0.3 is 11.1 Å². The summed E-state index contributed by atoms with van der Waals surface area (Å²) >= 11 is 1.72. The van der Waals surface area contributed by atoms with Gasteiger partial charge in [0.2, 0.25) is 5.91 Å². The zero-order chi connectivity index (χ0) is 9.61. The normalized spacial score (nSPS) is 11.3. The number of amides is 1. The molecule has 0 unspecified atom stereocenters. The molecule has 0 aliphatic heterocycles. The highest BCUT2D eigenvalue weighted by molar-refractivity contribution is 7.98. The monoisotopic (exact) mass is 190 g/mol. The molecule has 0 saturated heterocycles. The van der Waals surface area contributed by atoms with E-state index in [2.05, 4.69) is 5.32 Å². The third-order valence-corrected chi connectivity index (χ3v) is 2.33. The predicted octanol–water partition coefficient (Wildman–Crippen LogP) is 0.451. The Bertz CT molecular complexity index is 148. The van der Waals surface area contributed by atoms with Gasteiger partial charge in [-0.3, -0.25) is 4.79 Å². The molecule has 0 spiro atoms. The molecule has 3 nitrogen and oxygen atoms in total. The first-order valence-electron chi connectivity index (χ1n) is 4.02. The second kappa shape index (κ2) is 5.43. The van der Waals surface area contributed by atoms with Crippen molar-refractivity contribution in [2.75, 3.05) is 25.1 Å². The van der Waals surface area contributed by atoms with E-state index >= 15 is 0 Å². The molecule has 0 aromatic rings. The number of hydrogen-bond acceptors (Lipinski definition) is 3. The van der Waals surface area contributed by atoms with E-state index in [1.807, 2.05) is 20.1 Å². The summed E-state index contributed by atoms with van der Waals surface area (Å²) in [6, 6.07) is 0. The van der Waals surface area contributed by atoms with Crippen molar-refractivity contribution in [3.63, 3.8) is 0 Å². The Hall–Kier alpha value is -0.220. The maximum atomic E-state index is 11.4. The van der Waals surface area contributed by atoms with Crippen molar-refractivity contribution >= 4 is 17.7 Å². The van der Waals surface area contributed by atoms with Gasteiger partial charge in [0.15, 0.2) is 0 Å². The van der Waals surface area contributed by atoms with Gasteiger partial charge in [-0.25, -0.2) is 0 Å². The fourth-order valence-electron chi connectivity index (χ4n) is 0.599. The van der Waals surface area contributed by atoms with E-state index in [1.165, 1.54) is 0 Å². The number of nitrogens with two attached hydrogens (primary N) is 1. The molecule has 0 aromatic heterocycles. The lowest BCUT2D eigenvalue weighted by atomic mass is 9.93. The molecule has 0 fully saturated rings. The van der Waals surface area contributed by atoms with E-state index in [4.69, 9.17) is 5.73 Å². The van der Waals surface area contributed by atoms with E-state index in [1.54, 1.807) is 11.8 Å². The third-order valence-electron chi connectivity index (χ3n) is 1.72. The van der Waals surface area contributed by atoms with Crippen LogP contribution in [0.25, 0.3) is 0 Å². The molecule has 4 heteroatoms. The summed E-state index contributed by atoms with van der Waals surface area (Å²) in [4.78, 5) is 11.4. The zero-order valence-corrected chi connectivity index (χ0v) is 8.83. The quantitative estimate of drug-likeness (QED) is 0.619. The molecular formula is C8H18N2OS. The van der Waals surface area contributed by atoms with Crippen LogP contribution in [0, 0.1) is 5.41 Å². The van der Waals surface area contributed by atoms with Crippen LogP contribution in [0.2, 0.25) is 0 Å². The van der Waals surface area contributed by atoms with Crippen molar-refractivity contribution in [1.29, 1.82) is 0 Å². The Balaban J connectivity index is 3.72. The zero-order valence-electron chi connectivity index (χ0n) is 8.02. The van der Waals surface area contributed by atoms with E-state index < -0.39 is 5.41 Å². The number of nitrogens with one attached hydrogen (secondary N) is 1. The number of carbonyl (C=O) groups excluding carboxylic acids is 1. The predicted molar refractivity (Wildman–Crippen MR) is 54.2 cm³/mol. The lowest BCUT2D eigenvalue weighted by molar-refractivity contribution is -0.128. The van der Waals surface area contributed by atoms with Gasteiger partial charge in [-0.2, -0.15) is 11.8 Å². The number of thioether (sulfide) groups is 1. The molecule has 0 rings (SSSR count). The van der Waals surface area contributed by atoms with Crippen molar-refractivity contribution in [3.05, 3.63) is 0 Å². The second-order valence-corrected chi connectivity index (χ2v) is 4.32. The number of hydrogen-bond donors (Lipinski definition) is 2. The van der Waals surface area contributed by atoms with Crippen molar-refractivity contribution in [1.82, 2.24) is 5.32 Å². The van der Waals surface area contributed by atoms with E-state index in [-0.39, 0.29) is 5.91 Å². The molecule has 0 saturated carbocycles. The van der Waals surface area contributed by atoms with Gasteiger partial charge in [0.05, 0.1) is 5.41 Å². The van der Waals surface area contributed by atoms with Crippen LogP contribution in [0.15, 0.2) is 0 Å². The summed E-state index contributed by atoms with van der Waals surface area (Å²) in [6.45, 7) is 4.81. The van der Waals surface area contributed by atoms with Crippen LogP contribution in [0.4, 0.5) is 0 Å². The van der Waals surface area contributed by atoms with Crippen molar-refractivity contribution in [2.45, 2.75) is 13.8 Å². The summed E-state index contributed by atoms with van der Waals surface area (Å²) in [5, 5.41) is 2.84. The largest absolute Gasteiger partial charge is 0.355 e. The Labute approximate surface area is 78.5 Å². The summed E-state index contributed by atoms with van der Waals surface area (Å²) in [7, 11) is 0. The lowest BCUT2D eigenvalue weighted by Gasteiger charge is -2.20. The molecule has 0 aromatic carbocycles. The molecule has 3 N–H and O–H groups in total. The van der Waals surface area contributed by atoms with Gasteiger partial charge in [0.1, 0.15) is 0 Å². The standard InChI is InChI=1S/C8H18N2OS/c1-8(2,6-9)7(11)10-4-5-12-3/h4-6,9H2,1-3H3,(H,10,11).